The predicted molar refractivity (Wildman–Crippen MR) is 71.7 cm³/mol. The molecule has 0 aliphatic heterocycles. The molecule has 5 heteroatoms. The molecule has 0 aromatic heterocycles. The van der Waals surface area contributed by atoms with Gasteiger partial charge in [-0.15, -0.1) is 0 Å². The van der Waals surface area contributed by atoms with E-state index in [1.807, 2.05) is 25.1 Å². The van der Waals surface area contributed by atoms with Crippen LogP contribution in [0.2, 0.25) is 5.02 Å². The van der Waals surface area contributed by atoms with Crippen LogP contribution >= 0.6 is 11.6 Å². The molecule has 0 saturated heterocycles. The maximum atomic E-state index is 11.7. The minimum Gasteiger partial charge on any atom is -0.212 e. The van der Waals surface area contributed by atoms with E-state index in [0.29, 0.717) is 11.4 Å². The van der Waals surface area contributed by atoms with E-state index in [9.17, 15) is 8.42 Å². The van der Waals surface area contributed by atoms with Crippen molar-refractivity contribution in [3.63, 3.8) is 0 Å². The van der Waals surface area contributed by atoms with Gasteiger partial charge >= 0.3 is 0 Å². The van der Waals surface area contributed by atoms with Crippen molar-refractivity contribution in [2.45, 2.75) is 32.7 Å². The van der Waals surface area contributed by atoms with Crippen molar-refractivity contribution in [1.82, 2.24) is 4.72 Å². The lowest BCUT2D eigenvalue weighted by atomic mass is 10.1. The van der Waals surface area contributed by atoms with Crippen molar-refractivity contribution < 1.29 is 8.42 Å². The van der Waals surface area contributed by atoms with Crippen LogP contribution < -0.4 is 4.72 Å². The molecule has 0 amide bonds. The fraction of sp³-hybridized carbons (Fsp3) is 0.500. The van der Waals surface area contributed by atoms with Crippen LogP contribution in [0.15, 0.2) is 24.3 Å². The van der Waals surface area contributed by atoms with Crippen molar-refractivity contribution >= 4 is 21.6 Å². The minimum atomic E-state index is -3.22. The topological polar surface area (TPSA) is 46.2 Å². The molecule has 0 aliphatic rings. The molecule has 1 aromatic carbocycles. The monoisotopic (exact) mass is 275 g/mol. The van der Waals surface area contributed by atoms with Gasteiger partial charge in [-0.3, -0.25) is 0 Å². The van der Waals surface area contributed by atoms with Gasteiger partial charge in [-0.05, 0) is 25.0 Å². The first-order valence-electron chi connectivity index (χ1n) is 5.70. The van der Waals surface area contributed by atoms with Gasteiger partial charge in [0.25, 0.3) is 0 Å². The third-order valence-electron chi connectivity index (χ3n) is 2.49. The second-order valence-electron chi connectivity index (χ2n) is 4.03. The first-order chi connectivity index (χ1) is 7.96. The largest absolute Gasteiger partial charge is 0.212 e. The van der Waals surface area contributed by atoms with Crippen LogP contribution in [-0.4, -0.2) is 14.2 Å². The highest BCUT2D eigenvalue weighted by Crippen LogP contribution is 2.22. The van der Waals surface area contributed by atoms with Crippen molar-refractivity contribution in [3.8, 4) is 0 Å². The summed E-state index contributed by atoms with van der Waals surface area (Å²) in [6.07, 6.45) is 1.53. The quantitative estimate of drug-likeness (QED) is 0.867. The number of hydrogen-bond acceptors (Lipinski definition) is 2. The lowest BCUT2D eigenvalue weighted by Gasteiger charge is -2.15. The average molecular weight is 276 g/mol. The van der Waals surface area contributed by atoms with E-state index in [1.54, 1.807) is 13.0 Å². The molecule has 1 aromatic rings. The van der Waals surface area contributed by atoms with Gasteiger partial charge in [-0.2, -0.15) is 0 Å². The molecular formula is C12H18ClNO2S. The Morgan fingerprint density at radius 3 is 2.59 bits per heavy atom. The van der Waals surface area contributed by atoms with Crippen LogP contribution in [0.25, 0.3) is 0 Å². The fourth-order valence-corrected chi connectivity index (χ4v) is 3.30. The predicted octanol–water partition coefficient (Wildman–Crippen LogP) is 3.12. The molecule has 1 rings (SSSR count). The molecule has 0 aliphatic carbocycles. The number of hydrogen-bond donors (Lipinski definition) is 1. The summed E-state index contributed by atoms with van der Waals surface area (Å²) >= 11 is 6.02. The second-order valence-corrected chi connectivity index (χ2v) is 6.31. The molecule has 3 nitrogen and oxygen atoms in total. The highest BCUT2D eigenvalue weighted by Gasteiger charge is 2.16. The first kappa shape index (κ1) is 14.5. The molecule has 0 bridgehead atoms. The van der Waals surface area contributed by atoms with E-state index >= 15 is 0 Å². The van der Waals surface area contributed by atoms with Gasteiger partial charge in [0.05, 0.1) is 5.75 Å². The van der Waals surface area contributed by atoms with Gasteiger partial charge in [-0.25, -0.2) is 13.1 Å². The van der Waals surface area contributed by atoms with Crippen molar-refractivity contribution in [3.05, 3.63) is 34.9 Å². The van der Waals surface area contributed by atoms with E-state index in [4.69, 9.17) is 11.6 Å². The van der Waals surface area contributed by atoms with Crippen molar-refractivity contribution in [2.75, 3.05) is 5.75 Å². The maximum Gasteiger partial charge on any atom is 0.212 e. The SMILES string of the molecule is CCCCS(=O)(=O)NC(C)c1ccccc1Cl. The third kappa shape index (κ3) is 4.66. The lowest BCUT2D eigenvalue weighted by molar-refractivity contribution is 0.564. The lowest BCUT2D eigenvalue weighted by Crippen LogP contribution is -2.29. The van der Waals surface area contributed by atoms with E-state index in [1.165, 1.54) is 0 Å². The van der Waals surface area contributed by atoms with E-state index < -0.39 is 10.0 Å². The average Bonchev–Trinajstić information content (AvgIpc) is 2.26. The molecule has 0 heterocycles. The summed E-state index contributed by atoms with van der Waals surface area (Å²) in [6.45, 7) is 3.76. The van der Waals surface area contributed by atoms with Crippen molar-refractivity contribution in [2.24, 2.45) is 0 Å². The Morgan fingerprint density at radius 2 is 2.00 bits per heavy atom. The molecule has 1 atom stereocenters. The number of rotatable bonds is 6. The standard InChI is InChI=1S/C12H18ClNO2S/c1-3-4-9-17(15,16)14-10(2)11-7-5-6-8-12(11)13/h5-8,10,14H,3-4,9H2,1-2H3. The molecule has 1 N–H and O–H groups in total. The molecule has 0 spiro atoms. The van der Waals surface area contributed by atoms with Crippen LogP contribution in [0.5, 0.6) is 0 Å². The van der Waals surface area contributed by atoms with E-state index in [0.717, 1.165) is 12.0 Å². The van der Waals surface area contributed by atoms with Crippen LogP contribution in [-0.2, 0) is 10.0 Å². The summed E-state index contributed by atoms with van der Waals surface area (Å²) in [6, 6.07) is 6.95. The van der Waals surface area contributed by atoms with E-state index in [2.05, 4.69) is 4.72 Å². The second kappa shape index (κ2) is 6.38. The zero-order chi connectivity index (χ0) is 12.9. The van der Waals surface area contributed by atoms with Gasteiger partial charge < -0.3 is 0 Å². The highest BCUT2D eigenvalue weighted by molar-refractivity contribution is 7.89. The summed E-state index contributed by atoms with van der Waals surface area (Å²) in [4.78, 5) is 0. The fourth-order valence-electron chi connectivity index (χ4n) is 1.55. The summed E-state index contributed by atoms with van der Waals surface area (Å²) in [5, 5.41) is 0.582. The zero-order valence-electron chi connectivity index (χ0n) is 10.1. The van der Waals surface area contributed by atoms with Crippen LogP contribution in [0, 0.1) is 0 Å². The van der Waals surface area contributed by atoms with Crippen LogP contribution in [0.4, 0.5) is 0 Å². The van der Waals surface area contributed by atoms with Gasteiger partial charge in [0.1, 0.15) is 0 Å². The summed E-state index contributed by atoms with van der Waals surface area (Å²) < 4.78 is 26.1. The molecule has 0 radical (unpaired) electrons. The minimum absolute atomic E-state index is 0.165. The van der Waals surface area contributed by atoms with Gasteiger partial charge in [0.2, 0.25) is 10.0 Å². The van der Waals surface area contributed by atoms with Crippen molar-refractivity contribution in [1.29, 1.82) is 0 Å². The number of benzene rings is 1. The molecule has 0 fully saturated rings. The number of halogens is 1. The first-order valence-corrected chi connectivity index (χ1v) is 7.73. The molecule has 0 saturated carbocycles. The normalized spacial score (nSPS) is 13.6. The molecule has 17 heavy (non-hydrogen) atoms. The Labute approximate surface area is 108 Å². The number of unbranched alkanes of at least 4 members (excludes halogenated alkanes) is 1. The van der Waals surface area contributed by atoms with Crippen LogP contribution in [0.1, 0.15) is 38.3 Å². The smallest absolute Gasteiger partial charge is 0.212 e. The van der Waals surface area contributed by atoms with E-state index in [-0.39, 0.29) is 11.8 Å². The molecule has 1 unspecified atom stereocenters. The highest BCUT2D eigenvalue weighted by atomic mass is 35.5. The number of sulfonamides is 1. The maximum absolute atomic E-state index is 11.7. The molecular weight excluding hydrogens is 258 g/mol. The summed E-state index contributed by atoms with van der Waals surface area (Å²) in [5.41, 5.74) is 0.800. The van der Waals surface area contributed by atoms with Crippen LogP contribution in [0.3, 0.4) is 0 Å². The Hall–Kier alpha value is -0.580. The summed E-state index contributed by atoms with van der Waals surface area (Å²) in [5.74, 6) is 0.165. The third-order valence-corrected chi connectivity index (χ3v) is 4.38. The zero-order valence-corrected chi connectivity index (χ0v) is 11.7. The van der Waals surface area contributed by atoms with Gasteiger partial charge in [0, 0.05) is 11.1 Å². The summed E-state index contributed by atoms with van der Waals surface area (Å²) in [7, 11) is -3.22. The number of nitrogens with one attached hydrogen (secondary N) is 1. The van der Waals surface area contributed by atoms with Gasteiger partial charge in [0.15, 0.2) is 0 Å². The molecule has 96 valence electrons. The Morgan fingerprint density at radius 1 is 1.35 bits per heavy atom. The Kier molecular flexibility index (Phi) is 5.43. The Bertz CT molecular complexity index is 459. The van der Waals surface area contributed by atoms with Gasteiger partial charge in [-0.1, -0.05) is 43.1 Å². The Balaban J connectivity index is 2.73.